The number of methoxy groups -OCH3 is 1. The Bertz CT molecular complexity index is 601. The highest BCUT2D eigenvalue weighted by atomic mass is 19.1. The molecule has 100 valence electrons. The Morgan fingerprint density at radius 3 is 2.89 bits per heavy atom. The summed E-state index contributed by atoms with van der Waals surface area (Å²) in [5, 5.41) is 0.621. The van der Waals surface area contributed by atoms with Crippen molar-refractivity contribution in [3.05, 3.63) is 35.8 Å². The molecular formula is C14H14FNO3. The topological polar surface area (TPSA) is 48.4 Å². The minimum absolute atomic E-state index is 0.0255. The second kappa shape index (κ2) is 5.75. The van der Waals surface area contributed by atoms with Crippen molar-refractivity contribution >= 4 is 17.2 Å². The highest BCUT2D eigenvalue weighted by Gasteiger charge is 2.07. The zero-order chi connectivity index (χ0) is 13.8. The van der Waals surface area contributed by atoms with Gasteiger partial charge in [0.2, 0.25) is 0 Å². The smallest absolute Gasteiger partial charge is 0.171 e. The minimum atomic E-state index is -0.621. The number of benzene rings is 1. The van der Waals surface area contributed by atoms with Gasteiger partial charge in [-0.3, -0.25) is 4.79 Å². The average Bonchev–Trinajstić information content (AvgIpc) is 2.43. The third kappa shape index (κ3) is 3.06. The first kappa shape index (κ1) is 13.4. The standard InChI is InChI=1S/C14H14FNO3/c1-9(18-2)8-19-11-4-3-10-5-12(15)14(7-17)16-13(10)6-11/h3-7,9H,8H2,1-2H3. The van der Waals surface area contributed by atoms with E-state index in [9.17, 15) is 9.18 Å². The van der Waals surface area contributed by atoms with Crippen molar-refractivity contribution in [3.63, 3.8) is 0 Å². The first-order chi connectivity index (χ1) is 9.13. The first-order valence-corrected chi connectivity index (χ1v) is 5.85. The molecule has 4 nitrogen and oxygen atoms in total. The van der Waals surface area contributed by atoms with Crippen LogP contribution in [0.4, 0.5) is 4.39 Å². The molecule has 2 rings (SSSR count). The summed E-state index contributed by atoms with van der Waals surface area (Å²) in [5.74, 6) is -0.0171. The molecule has 2 aromatic rings. The zero-order valence-corrected chi connectivity index (χ0v) is 10.7. The maximum atomic E-state index is 13.4. The molecular weight excluding hydrogens is 249 g/mol. The van der Waals surface area contributed by atoms with Crippen molar-refractivity contribution in [1.82, 2.24) is 4.98 Å². The summed E-state index contributed by atoms with van der Waals surface area (Å²) in [6.07, 6.45) is 0.373. The molecule has 0 bridgehead atoms. The largest absolute Gasteiger partial charge is 0.491 e. The van der Waals surface area contributed by atoms with Crippen LogP contribution in [0.1, 0.15) is 17.4 Å². The van der Waals surface area contributed by atoms with Gasteiger partial charge in [0.1, 0.15) is 18.1 Å². The molecule has 1 aromatic heterocycles. The monoisotopic (exact) mass is 263 g/mol. The van der Waals surface area contributed by atoms with Gasteiger partial charge < -0.3 is 9.47 Å². The van der Waals surface area contributed by atoms with E-state index in [1.54, 1.807) is 25.3 Å². The number of ether oxygens (including phenoxy) is 2. The Labute approximate surface area is 110 Å². The second-order valence-electron chi connectivity index (χ2n) is 4.19. The number of carbonyl (C=O) groups is 1. The van der Waals surface area contributed by atoms with Crippen molar-refractivity contribution in [2.45, 2.75) is 13.0 Å². The SMILES string of the molecule is COC(C)COc1ccc2cc(F)c(C=O)nc2c1. The van der Waals surface area contributed by atoms with Crippen LogP contribution in [0.3, 0.4) is 0 Å². The number of aldehydes is 1. The van der Waals surface area contributed by atoms with Gasteiger partial charge in [0.25, 0.3) is 0 Å². The molecule has 0 fully saturated rings. The third-order valence-corrected chi connectivity index (χ3v) is 2.77. The molecule has 0 saturated carbocycles. The molecule has 0 spiro atoms. The summed E-state index contributed by atoms with van der Waals surface area (Å²) in [5.41, 5.74) is 0.320. The van der Waals surface area contributed by atoms with E-state index >= 15 is 0 Å². The van der Waals surface area contributed by atoms with Crippen LogP contribution in [0.25, 0.3) is 10.9 Å². The van der Waals surface area contributed by atoms with E-state index in [4.69, 9.17) is 9.47 Å². The molecule has 19 heavy (non-hydrogen) atoms. The second-order valence-corrected chi connectivity index (χ2v) is 4.19. The van der Waals surface area contributed by atoms with E-state index in [1.807, 2.05) is 6.92 Å². The Hall–Kier alpha value is -2.01. The molecule has 0 aliphatic rings. The van der Waals surface area contributed by atoms with Crippen LogP contribution in [-0.2, 0) is 4.74 Å². The van der Waals surface area contributed by atoms with Gasteiger partial charge in [-0.25, -0.2) is 9.37 Å². The number of hydrogen-bond donors (Lipinski definition) is 0. The van der Waals surface area contributed by atoms with E-state index < -0.39 is 5.82 Å². The summed E-state index contributed by atoms with van der Waals surface area (Å²) in [7, 11) is 1.61. The fraction of sp³-hybridized carbons (Fsp3) is 0.286. The van der Waals surface area contributed by atoms with E-state index in [-0.39, 0.29) is 11.8 Å². The zero-order valence-electron chi connectivity index (χ0n) is 10.7. The Balaban J connectivity index is 2.29. The molecule has 0 N–H and O–H groups in total. The van der Waals surface area contributed by atoms with Crippen LogP contribution < -0.4 is 4.74 Å². The number of hydrogen-bond acceptors (Lipinski definition) is 4. The van der Waals surface area contributed by atoms with Crippen LogP contribution in [0, 0.1) is 5.82 Å². The van der Waals surface area contributed by atoms with Gasteiger partial charge in [0.15, 0.2) is 12.1 Å². The molecule has 0 aliphatic carbocycles. The molecule has 1 aromatic carbocycles. The molecule has 0 radical (unpaired) electrons. The Morgan fingerprint density at radius 1 is 1.42 bits per heavy atom. The number of carbonyl (C=O) groups excluding carboxylic acids is 1. The van der Waals surface area contributed by atoms with Crippen molar-refractivity contribution in [2.75, 3.05) is 13.7 Å². The molecule has 0 saturated heterocycles. The fourth-order valence-electron chi connectivity index (χ4n) is 1.59. The van der Waals surface area contributed by atoms with Crippen molar-refractivity contribution < 1.29 is 18.7 Å². The van der Waals surface area contributed by atoms with Gasteiger partial charge in [0, 0.05) is 18.6 Å². The van der Waals surface area contributed by atoms with E-state index in [0.29, 0.717) is 29.5 Å². The van der Waals surface area contributed by atoms with E-state index in [2.05, 4.69) is 4.98 Å². The maximum absolute atomic E-state index is 13.4. The van der Waals surface area contributed by atoms with Crippen molar-refractivity contribution in [3.8, 4) is 5.75 Å². The number of aromatic nitrogens is 1. The van der Waals surface area contributed by atoms with Gasteiger partial charge in [-0.05, 0) is 25.1 Å². The lowest BCUT2D eigenvalue weighted by Crippen LogP contribution is -2.15. The summed E-state index contributed by atoms with van der Waals surface area (Å²) >= 11 is 0. The molecule has 1 atom stereocenters. The number of halogens is 1. The summed E-state index contributed by atoms with van der Waals surface area (Å²) in [6.45, 7) is 2.29. The number of rotatable bonds is 5. The summed E-state index contributed by atoms with van der Waals surface area (Å²) in [4.78, 5) is 14.6. The lowest BCUT2D eigenvalue weighted by molar-refractivity contribution is 0.0717. The fourth-order valence-corrected chi connectivity index (χ4v) is 1.59. The molecule has 5 heteroatoms. The highest BCUT2D eigenvalue weighted by Crippen LogP contribution is 2.21. The normalized spacial score (nSPS) is 12.4. The summed E-state index contributed by atoms with van der Waals surface area (Å²) in [6, 6.07) is 6.39. The number of pyridine rings is 1. The van der Waals surface area contributed by atoms with Gasteiger partial charge in [-0.2, -0.15) is 0 Å². The first-order valence-electron chi connectivity index (χ1n) is 5.85. The average molecular weight is 263 g/mol. The Kier molecular flexibility index (Phi) is 4.06. The molecule has 0 amide bonds. The quantitative estimate of drug-likeness (QED) is 0.778. The third-order valence-electron chi connectivity index (χ3n) is 2.77. The molecule has 1 heterocycles. The van der Waals surface area contributed by atoms with Crippen molar-refractivity contribution in [2.24, 2.45) is 0 Å². The van der Waals surface area contributed by atoms with Crippen LogP contribution in [0.15, 0.2) is 24.3 Å². The number of nitrogens with zero attached hydrogens (tertiary/aromatic N) is 1. The van der Waals surface area contributed by atoms with Gasteiger partial charge in [-0.1, -0.05) is 0 Å². The van der Waals surface area contributed by atoms with E-state index in [1.165, 1.54) is 6.07 Å². The lowest BCUT2D eigenvalue weighted by Gasteiger charge is -2.11. The minimum Gasteiger partial charge on any atom is -0.491 e. The predicted octanol–water partition coefficient (Wildman–Crippen LogP) is 2.60. The van der Waals surface area contributed by atoms with Crippen LogP contribution in [0.5, 0.6) is 5.75 Å². The molecule has 1 unspecified atom stereocenters. The maximum Gasteiger partial charge on any atom is 0.171 e. The number of fused-ring (bicyclic) bond motifs is 1. The van der Waals surface area contributed by atoms with Crippen LogP contribution in [-0.4, -0.2) is 31.1 Å². The summed E-state index contributed by atoms with van der Waals surface area (Å²) < 4.78 is 24.0. The van der Waals surface area contributed by atoms with E-state index in [0.717, 1.165) is 0 Å². The highest BCUT2D eigenvalue weighted by molar-refractivity contribution is 5.84. The van der Waals surface area contributed by atoms with Crippen LogP contribution >= 0.6 is 0 Å². The van der Waals surface area contributed by atoms with Gasteiger partial charge in [-0.15, -0.1) is 0 Å². The Morgan fingerprint density at radius 2 is 2.21 bits per heavy atom. The van der Waals surface area contributed by atoms with Crippen LogP contribution in [0.2, 0.25) is 0 Å². The van der Waals surface area contributed by atoms with Gasteiger partial charge >= 0.3 is 0 Å². The molecule has 0 aliphatic heterocycles. The van der Waals surface area contributed by atoms with Gasteiger partial charge in [0.05, 0.1) is 11.6 Å². The van der Waals surface area contributed by atoms with Crippen molar-refractivity contribution in [1.29, 1.82) is 0 Å². The lowest BCUT2D eigenvalue weighted by atomic mass is 10.2. The predicted molar refractivity (Wildman–Crippen MR) is 69.1 cm³/mol.